The van der Waals surface area contributed by atoms with Crippen LogP contribution in [0.1, 0.15) is 27.7 Å². The van der Waals surface area contributed by atoms with E-state index in [0.717, 1.165) is 0 Å². The van der Waals surface area contributed by atoms with Crippen molar-refractivity contribution >= 4 is 0 Å². The molecule has 0 N–H and O–H groups in total. The van der Waals surface area contributed by atoms with Crippen molar-refractivity contribution in [1.29, 1.82) is 0 Å². The summed E-state index contributed by atoms with van der Waals surface area (Å²) < 4.78 is 11.0. The van der Waals surface area contributed by atoms with E-state index in [4.69, 9.17) is 9.47 Å². The van der Waals surface area contributed by atoms with Crippen LogP contribution in [0.25, 0.3) is 0 Å². The summed E-state index contributed by atoms with van der Waals surface area (Å²) >= 11 is 0. The molecule has 0 aromatic heterocycles. The summed E-state index contributed by atoms with van der Waals surface area (Å²) in [5, 5.41) is 0. The van der Waals surface area contributed by atoms with Gasteiger partial charge in [0.1, 0.15) is 6.23 Å². The monoisotopic (exact) mass is 175 g/mol. The third kappa shape index (κ3) is 4.70. The molecular weight excluding hydrogens is 154 g/mol. The summed E-state index contributed by atoms with van der Waals surface area (Å²) in [5.74, 6) is -0.488. The molecule has 0 bridgehead atoms. The van der Waals surface area contributed by atoms with Gasteiger partial charge >= 0.3 is 0 Å². The molecule has 0 heterocycles. The summed E-state index contributed by atoms with van der Waals surface area (Å²) in [6, 6.07) is 0. The zero-order valence-electron chi connectivity index (χ0n) is 9.05. The predicted molar refractivity (Wildman–Crippen MR) is 49.9 cm³/mol. The lowest BCUT2D eigenvalue weighted by Gasteiger charge is -2.31. The maximum absolute atomic E-state index is 5.64. The third-order valence-corrected chi connectivity index (χ3v) is 1.67. The summed E-state index contributed by atoms with van der Waals surface area (Å²) in [5.41, 5.74) is 0. The minimum absolute atomic E-state index is 0.0755. The first kappa shape index (κ1) is 11.9. The van der Waals surface area contributed by atoms with Crippen LogP contribution < -0.4 is 0 Å². The van der Waals surface area contributed by atoms with Crippen molar-refractivity contribution in [2.24, 2.45) is 0 Å². The third-order valence-electron chi connectivity index (χ3n) is 1.67. The van der Waals surface area contributed by atoms with Gasteiger partial charge < -0.3 is 9.47 Å². The first-order chi connectivity index (χ1) is 5.39. The Balaban J connectivity index is 3.87. The molecule has 0 aliphatic rings. The highest BCUT2D eigenvalue weighted by atomic mass is 16.7. The lowest BCUT2D eigenvalue weighted by molar-refractivity contribution is -0.253. The molecule has 0 aromatic carbocycles. The number of rotatable bonds is 5. The molecule has 0 saturated heterocycles. The van der Waals surface area contributed by atoms with Crippen LogP contribution in [0.3, 0.4) is 0 Å². The molecule has 1 atom stereocenters. The van der Waals surface area contributed by atoms with Crippen LogP contribution in [0, 0.1) is 0 Å². The second-order valence-corrected chi connectivity index (χ2v) is 3.51. The first-order valence-corrected chi connectivity index (χ1v) is 4.37. The summed E-state index contributed by atoms with van der Waals surface area (Å²) in [4.78, 5) is 2.00. The summed E-state index contributed by atoms with van der Waals surface area (Å²) in [6.45, 7) is 8.49. The minimum Gasteiger partial charge on any atom is -0.351 e. The lowest BCUT2D eigenvalue weighted by atomic mass is 10.4. The van der Waals surface area contributed by atoms with Crippen molar-refractivity contribution in [3.8, 4) is 0 Å². The maximum atomic E-state index is 5.64. The smallest absolute Gasteiger partial charge is 0.164 e. The molecule has 0 aromatic rings. The highest BCUT2D eigenvalue weighted by Gasteiger charge is 2.22. The molecule has 74 valence electrons. The van der Waals surface area contributed by atoms with Crippen molar-refractivity contribution in [3.05, 3.63) is 0 Å². The molecular formula is C9H21NO2. The van der Waals surface area contributed by atoms with E-state index in [0.29, 0.717) is 6.61 Å². The molecule has 0 aliphatic heterocycles. The van der Waals surface area contributed by atoms with E-state index in [-0.39, 0.29) is 6.23 Å². The average molecular weight is 175 g/mol. The molecule has 0 amide bonds. The van der Waals surface area contributed by atoms with Gasteiger partial charge in [0.25, 0.3) is 0 Å². The Hall–Kier alpha value is -0.120. The van der Waals surface area contributed by atoms with Crippen molar-refractivity contribution in [2.45, 2.75) is 39.7 Å². The van der Waals surface area contributed by atoms with E-state index in [1.54, 1.807) is 0 Å². The molecule has 3 heteroatoms. The van der Waals surface area contributed by atoms with Gasteiger partial charge in [-0.15, -0.1) is 0 Å². The van der Waals surface area contributed by atoms with E-state index in [2.05, 4.69) is 0 Å². The van der Waals surface area contributed by atoms with Crippen molar-refractivity contribution < 1.29 is 9.47 Å². The standard InChI is InChI=1S/C9H21NO2/c1-7-11-9(3,4)12-8(2)10(5)6/h8H,7H2,1-6H3. The summed E-state index contributed by atoms with van der Waals surface area (Å²) in [7, 11) is 3.96. The summed E-state index contributed by atoms with van der Waals surface area (Å²) in [6.07, 6.45) is 0.0755. The van der Waals surface area contributed by atoms with Gasteiger partial charge in [-0.25, -0.2) is 0 Å². The highest BCUT2D eigenvalue weighted by Crippen LogP contribution is 2.14. The Bertz CT molecular complexity index is 124. The molecule has 12 heavy (non-hydrogen) atoms. The molecule has 3 nitrogen and oxygen atoms in total. The van der Waals surface area contributed by atoms with Crippen molar-refractivity contribution in [2.75, 3.05) is 20.7 Å². The van der Waals surface area contributed by atoms with Crippen LogP contribution >= 0.6 is 0 Å². The largest absolute Gasteiger partial charge is 0.351 e. The molecule has 0 fully saturated rings. The Morgan fingerprint density at radius 2 is 1.83 bits per heavy atom. The van der Waals surface area contributed by atoms with E-state index in [1.807, 2.05) is 46.7 Å². The zero-order chi connectivity index (χ0) is 9.78. The Kier molecular flexibility index (Phi) is 4.75. The molecule has 1 unspecified atom stereocenters. The number of nitrogens with zero attached hydrogens (tertiary/aromatic N) is 1. The van der Waals surface area contributed by atoms with Crippen LogP contribution in [-0.2, 0) is 9.47 Å². The minimum atomic E-state index is -0.488. The topological polar surface area (TPSA) is 21.7 Å². The van der Waals surface area contributed by atoms with Gasteiger partial charge in [-0.3, -0.25) is 4.90 Å². The predicted octanol–water partition coefficient (Wildman–Crippen LogP) is 1.68. The van der Waals surface area contributed by atoms with Crippen molar-refractivity contribution in [1.82, 2.24) is 4.90 Å². The van der Waals surface area contributed by atoms with E-state index in [1.165, 1.54) is 0 Å². The fraction of sp³-hybridized carbons (Fsp3) is 1.00. The number of ether oxygens (including phenoxy) is 2. The van der Waals surface area contributed by atoms with Gasteiger partial charge in [-0.1, -0.05) is 0 Å². The van der Waals surface area contributed by atoms with E-state index < -0.39 is 5.79 Å². The van der Waals surface area contributed by atoms with Gasteiger partial charge in [0, 0.05) is 6.61 Å². The van der Waals surface area contributed by atoms with Crippen LogP contribution in [0.2, 0.25) is 0 Å². The average Bonchev–Trinajstić information content (AvgIpc) is 1.85. The Labute approximate surface area is 75.6 Å². The van der Waals surface area contributed by atoms with Crippen LogP contribution in [0.15, 0.2) is 0 Å². The van der Waals surface area contributed by atoms with Gasteiger partial charge in [0.05, 0.1) is 0 Å². The quantitative estimate of drug-likeness (QED) is 0.593. The van der Waals surface area contributed by atoms with Gasteiger partial charge in [0.15, 0.2) is 5.79 Å². The molecule has 0 saturated carbocycles. The fourth-order valence-corrected chi connectivity index (χ4v) is 0.898. The van der Waals surface area contributed by atoms with Gasteiger partial charge in [-0.05, 0) is 41.8 Å². The number of hydrogen-bond donors (Lipinski definition) is 0. The molecule has 0 spiro atoms. The molecule has 0 radical (unpaired) electrons. The van der Waals surface area contributed by atoms with Crippen LogP contribution in [0.4, 0.5) is 0 Å². The SMILES string of the molecule is CCOC(C)(C)OC(C)N(C)C. The van der Waals surface area contributed by atoms with Gasteiger partial charge in [0.2, 0.25) is 0 Å². The van der Waals surface area contributed by atoms with Crippen LogP contribution in [0.5, 0.6) is 0 Å². The second kappa shape index (κ2) is 4.80. The maximum Gasteiger partial charge on any atom is 0.164 e. The van der Waals surface area contributed by atoms with Crippen LogP contribution in [-0.4, -0.2) is 37.6 Å². The normalized spacial score (nSPS) is 15.2. The van der Waals surface area contributed by atoms with E-state index >= 15 is 0 Å². The number of hydrogen-bond acceptors (Lipinski definition) is 3. The molecule has 0 rings (SSSR count). The highest BCUT2D eigenvalue weighted by molar-refractivity contribution is 4.56. The van der Waals surface area contributed by atoms with E-state index in [9.17, 15) is 0 Å². The lowest BCUT2D eigenvalue weighted by Crippen LogP contribution is -2.38. The first-order valence-electron chi connectivity index (χ1n) is 4.37. The van der Waals surface area contributed by atoms with Gasteiger partial charge in [-0.2, -0.15) is 0 Å². The fourth-order valence-electron chi connectivity index (χ4n) is 0.898. The Morgan fingerprint density at radius 1 is 1.33 bits per heavy atom. The molecule has 0 aliphatic carbocycles. The Morgan fingerprint density at radius 3 is 2.17 bits per heavy atom. The zero-order valence-corrected chi connectivity index (χ0v) is 9.05. The second-order valence-electron chi connectivity index (χ2n) is 3.51. The van der Waals surface area contributed by atoms with Crippen molar-refractivity contribution in [3.63, 3.8) is 0 Å².